The second-order valence-corrected chi connectivity index (χ2v) is 4.77. The minimum absolute atomic E-state index is 0.0747. The summed E-state index contributed by atoms with van der Waals surface area (Å²) >= 11 is 0. The van der Waals surface area contributed by atoms with Gasteiger partial charge in [0.15, 0.2) is 0 Å². The van der Waals surface area contributed by atoms with Crippen LogP contribution in [0.5, 0.6) is 0 Å². The number of carbonyl (C=O) groups is 1. The lowest BCUT2D eigenvalue weighted by Crippen LogP contribution is -2.37. The van der Waals surface area contributed by atoms with Gasteiger partial charge in [-0.2, -0.15) is 0 Å². The molecule has 1 rings (SSSR count). The molecule has 0 fully saturated rings. The van der Waals surface area contributed by atoms with Gasteiger partial charge in [-0.25, -0.2) is 0 Å². The van der Waals surface area contributed by atoms with Crippen LogP contribution in [0.25, 0.3) is 0 Å². The highest BCUT2D eigenvalue weighted by molar-refractivity contribution is 5.81. The predicted octanol–water partition coefficient (Wildman–Crippen LogP) is 2.15. The van der Waals surface area contributed by atoms with Crippen molar-refractivity contribution in [3.05, 3.63) is 29.8 Å². The van der Waals surface area contributed by atoms with Gasteiger partial charge >= 0.3 is 0 Å². The molecule has 4 heteroatoms. The number of likely N-dealkylation sites (N-methyl/N-ethyl adjacent to an activating group) is 2. The number of hydrogen-bond acceptors (Lipinski definition) is 3. The van der Waals surface area contributed by atoms with Gasteiger partial charge in [0.05, 0.1) is 6.54 Å². The van der Waals surface area contributed by atoms with E-state index in [4.69, 9.17) is 0 Å². The minimum atomic E-state index is 0.0747. The first kappa shape index (κ1) is 16.5. The highest BCUT2D eigenvalue weighted by Crippen LogP contribution is 2.20. The highest BCUT2D eigenvalue weighted by atomic mass is 16.2. The molecule has 0 unspecified atom stereocenters. The second-order valence-electron chi connectivity index (χ2n) is 4.77. The lowest BCUT2D eigenvalue weighted by molar-refractivity contribution is -0.119. The quantitative estimate of drug-likeness (QED) is 0.680. The maximum absolute atomic E-state index is 11.8. The largest absolute Gasteiger partial charge is 0.362 e. The molecule has 0 radical (unpaired) electrons. The molecule has 0 aliphatic carbocycles. The Bertz CT molecular complexity index is 406. The SMILES string of the molecule is CCCNCc1ccccc1N(CC)CC(=O)NCC. The zero-order valence-corrected chi connectivity index (χ0v) is 12.9. The smallest absolute Gasteiger partial charge is 0.239 e. The highest BCUT2D eigenvalue weighted by Gasteiger charge is 2.12. The molecule has 1 amide bonds. The van der Waals surface area contributed by atoms with E-state index in [-0.39, 0.29) is 5.91 Å². The van der Waals surface area contributed by atoms with E-state index in [0.29, 0.717) is 13.1 Å². The predicted molar refractivity (Wildman–Crippen MR) is 85.0 cm³/mol. The maximum Gasteiger partial charge on any atom is 0.239 e. The van der Waals surface area contributed by atoms with E-state index in [0.717, 1.165) is 31.7 Å². The van der Waals surface area contributed by atoms with Crippen LogP contribution < -0.4 is 15.5 Å². The summed E-state index contributed by atoms with van der Waals surface area (Å²) in [6, 6.07) is 8.29. The molecule has 0 saturated carbocycles. The van der Waals surface area contributed by atoms with Crippen molar-refractivity contribution < 1.29 is 4.79 Å². The van der Waals surface area contributed by atoms with Crippen LogP contribution >= 0.6 is 0 Å². The van der Waals surface area contributed by atoms with Crippen molar-refractivity contribution in [1.82, 2.24) is 10.6 Å². The van der Waals surface area contributed by atoms with E-state index in [2.05, 4.69) is 41.5 Å². The first-order valence-corrected chi connectivity index (χ1v) is 7.53. The molecule has 0 spiro atoms. The summed E-state index contributed by atoms with van der Waals surface area (Å²) in [6.07, 6.45) is 1.12. The van der Waals surface area contributed by atoms with Crippen molar-refractivity contribution in [3.63, 3.8) is 0 Å². The summed E-state index contributed by atoms with van der Waals surface area (Å²) < 4.78 is 0. The number of carbonyl (C=O) groups excluding carboxylic acids is 1. The Balaban J connectivity index is 2.77. The summed E-state index contributed by atoms with van der Waals surface area (Å²) in [5.41, 5.74) is 2.39. The molecular weight excluding hydrogens is 250 g/mol. The molecule has 20 heavy (non-hydrogen) atoms. The molecule has 1 aromatic rings. The average molecular weight is 277 g/mol. The monoisotopic (exact) mass is 277 g/mol. The van der Waals surface area contributed by atoms with Gasteiger partial charge in [0, 0.05) is 25.3 Å². The Morgan fingerprint density at radius 1 is 1.20 bits per heavy atom. The van der Waals surface area contributed by atoms with Crippen LogP contribution in [0, 0.1) is 0 Å². The Morgan fingerprint density at radius 3 is 2.60 bits per heavy atom. The normalized spacial score (nSPS) is 10.3. The van der Waals surface area contributed by atoms with E-state index in [1.54, 1.807) is 0 Å². The minimum Gasteiger partial charge on any atom is -0.362 e. The molecule has 1 aromatic carbocycles. The Kier molecular flexibility index (Phi) is 7.73. The third kappa shape index (κ3) is 5.21. The number of amides is 1. The fraction of sp³-hybridized carbons (Fsp3) is 0.562. The summed E-state index contributed by atoms with van der Waals surface area (Å²) in [7, 11) is 0. The van der Waals surface area contributed by atoms with Gasteiger partial charge in [-0.05, 0) is 38.4 Å². The first-order valence-electron chi connectivity index (χ1n) is 7.53. The van der Waals surface area contributed by atoms with Gasteiger partial charge in [-0.3, -0.25) is 4.79 Å². The fourth-order valence-corrected chi connectivity index (χ4v) is 2.16. The van der Waals surface area contributed by atoms with Crippen molar-refractivity contribution in [2.24, 2.45) is 0 Å². The molecule has 0 heterocycles. The molecule has 2 N–H and O–H groups in total. The molecule has 0 saturated heterocycles. The van der Waals surface area contributed by atoms with Crippen LogP contribution in [-0.2, 0) is 11.3 Å². The first-order chi connectivity index (χ1) is 9.72. The molecule has 0 atom stereocenters. The number of rotatable bonds is 9. The van der Waals surface area contributed by atoms with E-state index < -0.39 is 0 Å². The molecular formula is C16H27N3O. The molecule has 4 nitrogen and oxygen atoms in total. The van der Waals surface area contributed by atoms with Crippen LogP contribution in [0.4, 0.5) is 5.69 Å². The number of benzene rings is 1. The molecule has 0 aliphatic heterocycles. The number of nitrogens with one attached hydrogen (secondary N) is 2. The second kappa shape index (κ2) is 9.37. The van der Waals surface area contributed by atoms with E-state index >= 15 is 0 Å². The molecule has 0 aromatic heterocycles. The van der Waals surface area contributed by atoms with Crippen LogP contribution in [0.15, 0.2) is 24.3 Å². The fourth-order valence-electron chi connectivity index (χ4n) is 2.16. The van der Waals surface area contributed by atoms with Gasteiger partial charge in [-0.1, -0.05) is 25.1 Å². The van der Waals surface area contributed by atoms with Crippen LogP contribution in [-0.4, -0.2) is 32.1 Å². The van der Waals surface area contributed by atoms with Crippen LogP contribution in [0.2, 0.25) is 0 Å². The maximum atomic E-state index is 11.8. The van der Waals surface area contributed by atoms with Gasteiger partial charge in [-0.15, -0.1) is 0 Å². The van der Waals surface area contributed by atoms with Crippen molar-refractivity contribution >= 4 is 11.6 Å². The number of para-hydroxylation sites is 1. The zero-order chi connectivity index (χ0) is 14.8. The van der Waals surface area contributed by atoms with Gasteiger partial charge in [0.25, 0.3) is 0 Å². The van der Waals surface area contributed by atoms with Crippen LogP contribution in [0.1, 0.15) is 32.8 Å². The van der Waals surface area contributed by atoms with E-state index in [1.165, 1.54) is 5.56 Å². The van der Waals surface area contributed by atoms with Gasteiger partial charge in [0.1, 0.15) is 0 Å². The van der Waals surface area contributed by atoms with Crippen LogP contribution in [0.3, 0.4) is 0 Å². The lowest BCUT2D eigenvalue weighted by atomic mass is 10.1. The third-order valence-electron chi connectivity index (χ3n) is 3.16. The van der Waals surface area contributed by atoms with Crippen molar-refractivity contribution in [1.29, 1.82) is 0 Å². The number of anilines is 1. The van der Waals surface area contributed by atoms with Crippen molar-refractivity contribution in [2.45, 2.75) is 33.7 Å². The van der Waals surface area contributed by atoms with Gasteiger partial charge < -0.3 is 15.5 Å². The third-order valence-corrected chi connectivity index (χ3v) is 3.16. The van der Waals surface area contributed by atoms with E-state index in [9.17, 15) is 4.79 Å². The summed E-state index contributed by atoms with van der Waals surface area (Å²) in [6.45, 7) is 9.94. The lowest BCUT2D eigenvalue weighted by Gasteiger charge is -2.25. The Hall–Kier alpha value is -1.55. The van der Waals surface area contributed by atoms with Crippen molar-refractivity contribution in [2.75, 3.05) is 31.1 Å². The van der Waals surface area contributed by atoms with Crippen molar-refractivity contribution in [3.8, 4) is 0 Å². The Morgan fingerprint density at radius 2 is 1.95 bits per heavy atom. The standard InChI is InChI=1S/C16H27N3O/c1-4-11-17-12-14-9-7-8-10-15(14)19(6-3)13-16(20)18-5-2/h7-10,17H,4-6,11-13H2,1-3H3,(H,18,20). The summed E-state index contributed by atoms with van der Waals surface area (Å²) in [4.78, 5) is 13.9. The van der Waals surface area contributed by atoms with E-state index in [1.807, 2.05) is 19.1 Å². The Labute approximate surface area is 122 Å². The summed E-state index contributed by atoms with van der Waals surface area (Å²) in [5, 5.41) is 6.28. The molecule has 0 aliphatic rings. The molecule has 0 bridgehead atoms. The number of hydrogen-bond donors (Lipinski definition) is 2. The summed E-state index contributed by atoms with van der Waals surface area (Å²) in [5.74, 6) is 0.0747. The average Bonchev–Trinajstić information content (AvgIpc) is 2.46. The topological polar surface area (TPSA) is 44.4 Å². The molecule has 112 valence electrons. The van der Waals surface area contributed by atoms with Gasteiger partial charge in [0.2, 0.25) is 5.91 Å². The zero-order valence-electron chi connectivity index (χ0n) is 12.9. The number of nitrogens with zero attached hydrogens (tertiary/aromatic N) is 1.